The topological polar surface area (TPSA) is 37.2 Å². The summed E-state index contributed by atoms with van der Waals surface area (Å²) < 4.78 is 2.15. The molecule has 0 unspecified atom stereocenters. The van der Waals surface area contributed by atoms with Crippen LogP contribution in [0.15, 0.2) is 54.4 Å². The van der Waals surface area contributed by atoms with Gasteiger partial charge in [-0.15, -0.1) is 11.3 Å². The molecule has 5 nitrogen and oxygen atoms in total. The van der Waals surface area contributed by atoms with Crippen LogP contribution < -0.4 is 0 Å². The van der Waals surface area contributed by atoms with Gasteiger partial charge in [0.05, 0.1) is 12.0 Å². The predicted octanol–water partition coefficient (Wildman–Crippen LogP) is 2.82. The van der Waals surface area contributed by atoms with Crippen LogP contribution in [0.5, 0.6) is 0 Å². The Balaban J connectivity index is 1.25. The van der Waals surface area contributed by atoms with E-state index in [0.29, 0.717) is 0 Å². The number of hydrogen-bond donors (Lipinski definition) is 0. The van der Waals surface area contributed by atoms with Crippen LogP contribution in [0.25, 0.3) is 10.6 Å². The molecule has 0 aliphatic carbocycles. The lowest BCUT2D eigenvalue weighted by Gasteiger charge is -2.34. The van der Waals surface area contributed by atoms with Gasteiger partial charge >= 0.3 is 0 Å². The number of rotatable bonds is 6. The molecule has 0 spiro atoms. The molecule has 1 aromatic carbocycles. The van der Waals surface area contributed by atoms with Gasteiger partial charge in [-0.2, -0.15) is 0 Å². The fourth-order valence-electron chi connectivity index (χ4n) is 3.17. The Kier molecular flexibility index (Phi) is 5.20. The molecule has 1 aliphatic rings. The van der Waals surface area contributed by atoms with Gasteiger partial charge < -0.3 is 4.57 Å². The molecule has 0 amide bonds. The Bertz CT molecular complexity index is 760. The van der Waals surface area contributed by atoms with E-state index in [0.717, 1.165) is 50.8 Å². The molecule has 3 aromatic rings. The van der Waals surface area contributed by atoms with Crippen molar-refractivity contribution in [3.8, 4) is 10.6 Å². The van der Waals surface area contributed by atoms with E-state index in [1.54, 1.807) is 11.3 Å². The fraction of sp³-hybridized carbons (Fsp3) is 0.368. The molecule has 1 aliphatic heterocycles. The zero-order valence-electron chi connectivity index (χ0n) is 14.3. The average molecular weight is 353 g/mol. The van der Waals surface area contributed by atoms with Crippen molar-refractivity contribution in [3.63, 3.8) is 0 Å². The summed E-state index contributed by atoms with van der Waals surface area (Å²) in [7, 11) is 0. The van der Waals surface area contributed by atoms with E-state index in [2.05, 4.69) is 49.0 Å². The quantitative estimate of drug-likeness (QED) is 0.683. The van der Waals surface area contributed by atoms with Crippen molar-refractivity contribution in [1.82, 2.24) is 24.3 Å². The summed E-state index contributed by atoms with van der Waals surface area (Å²) in [5, 5.41) is 3.32. The maximum Gasteiger partial charge on any atom is 0.123 e. The maximum atomic E-state index is 4.82. The van der Waals surface area contributed by atoms with Gasteiger partial charge in [0.15, 0.2) is 0 Å². The number of benzene rings is 1. The number of aromatic nitrogens is 3. The normalized spacial score (nSPS) is 16.3. The van der Waals surface area contributed by atoms with Gasteiger partial charge in [-0.1, -0.05) is 30.3 Å². The highest BCUT2D eigenvalue weighted by Gasteiger charge is 2.17. The molecular weight excluding hydrogens is 330 g/mol. The molecule has 2 aromatic heterocycles. The van der Waals surface area contributed by atoms with E-state index in [-0.39, 0.29) is 0 Å². The maximum absolute atomic E-state index is 4.82. The highest BCUT2D eigenvalue weighted by molar-refractivity contribution is 7.13. The van der Waals surface area contributed by atoms with Gasteiger partial charge in [-0.05, 0) is 0 Å². The zero-order chi connectivity index (χ0) is 16.9. The van der Waals surface area contributed by atoms with E-state index < -0.39 is 0 Å². The Morgan fingerprint density at radius 3 is 2.52 bits per heavy atom. The summed E-state index contributed by atoms with van der Waals surface area (Å²) in [5.41, 5.74) is 2.40. The Hall–Kier alpha value is -2.02. The standard InChI is InChI=1S/C19H23N5S/c1-2-4-17(5-3-1)19-21-18(15-25-19)14-23-11-8-22(9-12-23)10-13-24-7-6-20-16-24/h1-7,15-16H,8-14H2. The number of thiazole rings is 1. The molecule has 6 heteroatoms. The highest BCUT2D eigenvalue weighted by atomic mass is 32.1. The lowest BCUT2D eigenvalue weighted by molar-refractivity contribution is 0.123. The molecule has 0 radical (unpaired) electrons. The first-order valence-corrected chi connectivity index (χ1v) is 9.65. The minimum Gasteiger partial charge on any atom is -0.336 e. The van der Waals surface area contributed by atoms with Crippen LogP contribution in [0.4, 0.5) is 0 Å². The van der Waals surface area contributed by atoms with Crippen LogP contribution in [-0.2, 0) is 13.1 Å². The molecular formula is C19H23N5S. The summed E-state index contributed by atoms with van der Waals surface area (Å²) in [6.07, 6.45) is 5.76. The first-order valence-electron chi connectivity index (χ1n) is 8.77. The monoisotopic (exact) mass is 353 g/mol. The van der Waals surface area contributed by atoms with Gasteiger partial charge in [0.2, 0.25) is 0 Å². The highest BCUT2D eigenvalue weighted by Crippen LogP contribution is 2.24. The van der Waals surface area contributed by atoms with Gasteiger partial charge in [-0.3, -0.25) is 9.80 Å². The smallest absolute Gasteiger partial charge is 0.123 e. The second-order valence-corrected chi connectivity index (χ2v) is 7.29. The minimum atomic E-state index is 0.957. The van der Waals surface area contributed by atoms with Crippen LogP contribution >= 0.6 is 11.3 Å². The van der Waals surface area contributed by atoms with Crippen molar-refractivity contribution in [3.05, 3.63) is 60.1 Å². The van der Waals surface area contributed by atoms with Crippen molar-refractivity contribution < 1.29 is 0 Å². The molecule has 130 valence electrons. The molecule has 3 heterocycles. The second kappa shape index (κ2) is 7.91. The summed E-state index contributed by atoms with van der Waals surface area (Å²) in [6, 6.07) is 10.4. The van der Waals surface area contributed by atoms with Crippen molar-refractivity contribution in [2.24, 2.45) is 0 Å². The Morgan fingerprint density at radius 1 is 0.960 bits per heavy atom. The molecule has 1 saturated heterocycles. The predicted molar refractivity (Wildman–Crippen MR) is 101 cm³/mol. The number of piperazine rings is 1. The molecule has 0 saturated carbocycles. The third-order valence-electron chi connectivity index (χ3n) is 4.66. The van der Waals surface area contributed by atoms with Crippen LogP contribution in [-0.4, -0.2) is 57.1 Å². The fourth-order valence-corrected chi connectivity index (χ4v) is 3.99. The number of imidazole rings is 1. The molecule has 0 bridgehead atoms. The van der Waals surface area contributed by atoms with E-state index in [1.165, 1.54) is 11.3 Å². The van der Waals surface area contributed by atoms with Gasteiger partial charge in [0, 0.05) is 69.2 Å². The van der Waals surface area contributed by atoms with Crippen molar-refractivity contribution in [1.29, 1.82) is 0 Å². The lowest BCUT2D eigenvalue weighted by atomic mass is 10.2. The summed E-state index contributed by atoms with van der Waals surface area (Å²) >= 11 is 1.74. The van der Waals surface area contributed by atoms with Crippen LogP contribution in [0.2, 0.25) is 0 Å². The molecule has 1 fully saturated rings. The molecule has 25 heavy (non-hydrogen) atoms. The Labute approximate surface area is 152 Å². The van der Waals surface area contributed by atoms with E-state index >= 15 is 0 Å². The van der Waals surface area contributed by atoms with Crippen LogP contribution in [0.3, 0.4) is 0 Å². The second-order valence-electron chi connectivity index (χ2n) is 6.43. The summed E-state index contributed by atoms with van der Waals surface area (Å²) in [4.78, 5) is 14.0. The third-order valence-corrected chi connectivity index (χ3v) is 5.60. The van der Waals surface area contributed by atoms with E-state index in [9.17, 15) is 0 Å². The molecule has 4 rings (SSSR count). The molecule has 0 atom stereocenters. The lowest BCUT2D eigenvalue weighted by Crippen LogP contribution is -2.46. The number of hydrogen-bond acceptors (Lipinski definition) is 5. The average Bonchev–Trinajstić information content (AvgIpc) is 3.34. The van der Waals surface area contributed by atoms with Crippen molar-refractivity contribution in [2.75, 3.05) is 32.7 Å². The summed E-state index contributed by atoms with van der Waals surface area (Å²) in [6.45, 7) is 7.56. The SMILES string of the molecule is c1ccc(-c2nc(CN3CCN(CCn4ccnc4)CC3)cs2)cc1. The largest absolute Gasteiger partial charge is 0.336 e. The van der Waals surface area contributed by atoms with Gasteiger partial charge in [0.25, 0.3) is 0 Å². The zero-order valence-corrected chi connectivity index (χ0v) is 15.1. The van der Waals surface area contributed by atoms with Gasteiger partial charge in [0.1, 0.15) is 5.01 Å². The first-order chi connectivity index (χ1) is 12.4. The minimum absolute atomic E-state index is 0.957. The molecule has 0 N–H and O–H groups in total. The van der Waals surface area contributed by atoms with Gasteiger partial charge in [-0.25, -0.2) is 9.97 Å². The third kappa shape index (κ3) is 4.34. The van der Waals surface area contributed by atoms with Crippen molar-refractivity contribution in [2.45, 2.75) is 13.1 Å². The number of nitrogens with zero attached hydrogens (tertiary/aromatic N) is 5. The Morgan fingerprint density at radius 2 is 1.76 bits per heavy atom. The van der Waals surface area contributed by atoms with Crippen LogP contribution in [0, 0.1) is 0 Å². The van der Waals surface area contributed by atoms with Crippen LogP contribution in [0.1, 0.15) is 5.69 Å². The van der Waals surface area contributed by atoms with E-state index in [4.69, 9.17) is 4.98 Å². The summed E-state index contributed by atoms with van der Waals surface area (Å²) in [5.74, 6) is 0. The van der Waals surface area contributed by atoms with E-state index in [1.807, 2.05) is 24.8 Å². The van der Waals surface area contributed by atoms with Crippen molar-refractivity contribution >= 4 is 11.3 Å². The first kappa shape index (κ1) is 16.4.